The molecule has 3 rings (SSSR count). The van der Waals surface area contributed by atoms with Crippen molar-refractivity contribution in [3.05, 3.63) is 29.6 Å². The highest BCUT2D eigenvalue weighted by atomic mass is 32.1. The molecule has 2 unspecified atom stereocenters. The first-order chi connectivity index (χ1) is 12.4. The molecule has 0 radical (unpaired) electrons. The lowest BCUT2D eigenvalue weighted by Crippen LogP contribution is -2.51. The number of carbonyl (C=O) groups is 1. The monoisotopic (exact) mass is 381 g/mol. The summed E-state index contributed by atoms with van der Waals surface area (Å²) in [6.45, 7) is -1.01. The largest absolute Gasteiger partial charge is 0.434 e. The molecule has 26 heavy (non-hydrogen) atoms. The van der Waals surface area contributed by atoms with E-state index in [0.29, 0.717) is 16.4 Å². The third-order valence-electron chi connectivity index (χ3n) is 4.68. The molecule has 1 heterocycles. The van der Waals surface area contributed by atoms with Crippen LogP contribution in [-0.4, -0.2) is 23.0 Å². The van der Waals surface area contributed by atoms with Crippen molar-refractivity contribution in [2.45, 2.75) is 44.8 Å². The Morgan fingerprint density at radius 1 is 1.42 bits per heavy atom. The number of nitrogens with two attached hydrogens (primary N) is 1. The van der Waals surface area contributed by atoms with Crippen molar-refractivity contribution >= 4 is 22.4 Å². The number of hydrogen-bond donors (Lipinski definition) is 2. The average molecular weight is 381 g/mol. The van der Waals surface area contributed by atoms with Gasteiger partial charge in [-0.2, -0.15) is 8.78 Å². The highest BCUT2D eigenvalue weighted by molar-refractivity contribution is 7.14. The Morgan fingerprint density at radius 3 is 2.92 bits per heavy atom. The summed E-state index contributed by atoms with van der Waals surface area (Å²) in [6, 6.07) is 6.44. The number of ether oxygens (including phenoxy) is 1. The minimum Gasteiger partial charge on any atom is -0.434 e. The molecule has 1 aromatic carbocycles. The van der Waals surface area contributed by atoms with E-state index in [1.54, 1.807) is 23.6 Å². The summed E-state index contributed by atoms with van der Waals surface area (Å²) in [5.41, 5.74) is 6.67. The molecule has 0 bridgehead atoms. The summed E-state index contributed by atoms with van der Waals surface area (Å²) in [6.07, 6.45) is 3.57. The molecular formula is C18H21F2N3O2S. The van der Waals surface area contributed by atoms with Gasteiger partial charge in [0, 0.05) is 16.5 Å². The van der Waals surface area contributed by atoms with E-state index in [0.717, 1.165) is 25.7 Å². The van der Waals surface area contributed by atoms with E-state index >= 15 is 0 Å². The van der Waals surface area contributed by atoms with E-state index in [4.69, 9.17) is 5.73 Å². The average Bonchev–Trinajstić information content (AvgIpc) is 3.02. The maximum absolute atomic E-state index is 12.6. The van der Waals surface area contributed by atoms with Gasteiger partial charge in [-0.25, -0.2) is 4.98 Å². The summed E-state index contributed by atoms with van der Waals surface area (Å²) < 4.78 is 29.7. The van der Waals surface area contributed by atoms with Gasteiger partial charge < -0.3 is 15.8 Å². The van der Waals surface area contributed by atoms with Gasteiger partial charge in [-0.1, -0.05) is 25.0 Å². The van der Waals surface area contributed by atoms with Crippen LogP contribution in [-0.2, 0) is 4.79 Å². The Hall–Kier alpha value is -2.06. The molecule has 1 amide bonds. The van der Waals surface area contributed by atoms with Gasteiger partial charge in [0.2, 0.25) is 5.91 Å². The van der Waals surface area contributed by atoms with E-state index in [1.165, 1.54) is 17.4 Å². The van der Waals surface area contributed by atoms with Gasteiger partial charge in [0.1, 0.15) is 5.75 Å². The minimum absolute atomic E-state index is 0.0486. The third-order valence-corrected chi connectivity index (χ3v) is 5.44. The van der Waals surface area contributed by atoms with Crippen molar-refractivity contribution in [3.8, 4) is 17.0 Å². The number of nitrogens with zero attached hydrogens (tertiary/aromatic N) is 1. The first-order valence-corrected chi connectivity index (χ1v) is 9.34. The Bertz CT molecular complexity index is 779. The second-order valence-electron chi connectivity index (χ2n) is 6.71. The number of anilines is 1. The number of halogens is 2. The van der Waals surface area contributed by atoms with Gasteiger partial charge in [-0.15, -0.1) is 11.3 Å². The van der Waals surface area contributed by atoms with Gasteiger partial charge in [0.25, 0.3) is 0 Å². The number of nitrogens with one attached hydrogen (secondary N) is 1. The Kier molecular flexibility index (Phi) is 5.52. The van der Waals surface area contributed by atoms with Gasteiger partial charge >= 0.3 is 6.61 Å². The number of para-hydroxylation sites is 1. The number of hydrogen-bond acceptors (Lipinski definition) is 5. The molecule has 2 aromatic rings. The van der Waals surface area contributed by atoms with E-state index < -0.39 is 12.2 Å². The highest BCUT2D eigenvalue weighted by Gasteiger charge is 2.38. The standard InChI is InChI=1S/C18H21F2N3O2S/c1-18(21)9-5-4-7-12(18)15(24)23-17-22-13(10-26-17)11-6-2-3-8-14(11)25-16(19)20/h2-3,6,8,10,12,16H,4-5,7,9,21H2,1H3,(H,22,23,24). The maximum atomic E-state index is 12.6. The van der Waals surface area contributed by atoms with Crippen LogP contribution in [0.3, 0.4) is 0 Å². The fourth-order valence-electron chi connectivity index (χ4n) is 3.31. The molecule has 1 aliphatic rings. The van der Waals surface area contributed by atoms with Crippen molar-refractivity contribution in [3.63, 3.8) is 0 Å². The molecular weight excluding hydrogens is 360 g/mol. The molecule has 3 N–H and O–H groups in total. The summed E-state index contributed by atoms with van der Waals surface area (Å²) in [4.78, 5) is 16.9. The zero-order valence-corrected chi connectivity index (χ0v) is 15.2. The van der Waals surface area contributed by atoms with Crippen LogP contribution in [0.1, 0.15) is 32.6 Å². The van der Waals surface area contributed by atoms with E-state index in [2.05, 4.69) is 15.0 Å². The third kappa shape index (κ3) is 4.19. The Labute approximate surface area is 154 Å². The van der Waals surface area contributed by atoms with Crippen molar-refractivity contribution in [2.24, 2.45) is 11.7 Å². The fourth-order valence-corrected chi connectivity index (χ4v) is 4.03. The summed E-state index contributed by atoms with van der Waals surface area (Å²) in [5, 5.41) is 4.93. The van der Waals surface area contributed by atoms with Crippen LogP contribution in [0.4, 0.5) is 13.9 Å². The second kappa shape index (κ2) is 7.67. The number of thiazole rings is 1. The van der Waals surface area contributed by atoms with Crippen LogP contribution < -0.4 is 15.8 Å². The van der Waals surface area contributed by atoms with Crippen molar-refractivity contribution in [1.29, 1.82) is 0 Å². The van der Waals surface area contributed by atoms with Crippen molar-refractivity contribution < 1.29 is 18.3 Å². The summed E-state index contributed by atoms with van der Waals surface area (Å²) in [7, 11) is 0. The van der Waals surface area contributed by atoms with E-state index in [9.17, 15) is 13.6 Å². The van der Waals surface area contributed by atoms with Crippen molar-refractivity contribution in [1.82, 2.24) is 4.98 Å². The first-order valence-electron chi connectivity index (χ1n) is 8.46. The van der Waals surface area contributed by atoms with Crippen LogP contribution in [0.5, 0.6) is 5.75 Å². The molecule has 1 saturated carbocycles. The quantitative estimate of drug-likeness (QED) is 0.811. The molecule has 1 aliphatic carbocycles. The number of rotatable bonds is 5. The van der Waals surface area contributed by atoms with Crippen LogP contribution in [0, 0.1) is 5.92 Å². The predicted octanol–water partition coefficient (Wildman–Crippen LogP) is 4.26. The number of benzene rings is 1. The highest BCUT2D eigenvalue weighted by Crippen LogP contribution is 2.35. The number of amides is 1. The number of carbonyl (C=O) groups excluding carboxylic acids is 1. The molecule has 5 nitrogen and oxygen atoms in total. The van der Waals surface area contributed by atoms with Crippen LogP contribution in [0.25, 0.3) is 11.3 Å². The number of aromatic nitrogens is 1. The molecule has 2 atom stereocenters. The van der Waals surface area contributed by atoms with Crippen molar-refractivity contribution in [2.75, 3.05) is 5.32 Å². The molecule has 0 saturated heterocycles. The Morgan fingerprint density at radius 2 is 2.19 bits per heavy atom. The summed E-state index contributed by atoms with van der Waals surface area (Å²) >= 11 is 1.24. The van der Waals surface area contributed by atoms with Gasteiger partial charge in [0.15, 0.2) is 5.13 Å². The molecule has 1 fully saturated rings. The van der Waals surface area contributed by atoms with Gasteiger partial charge in [-0.3, -0.25) is 4.79 Å². The lowest BCUT2D eigenvalue weighted by Gasteiger charge is -2.36. The Balaban J connectivity index is 1.75. The zero-order chi connectivity index (χ0) is 18.7. The van der Waals surface area contributed by atoms with Crippen LogP contribution in [0.2, 0.25) is 0 Å². The topological polar surface area (TPSA) is 77.2 Å². The van der Waals surface area contributed by atoms with Gasteiger partial charge in [0.05, 0.1) is 11.6 Å². The lowest BCUT2D eigenvalue weighted by atomic mass is 9.74. The molecule has 8 heteroatoms. The van der Waals surface area contributed by atoms with E-state index in [1.807, 2.05) is 6.92 Å². The van der Waals surface area contributed by atoms with Crippen LogP contribution >= 0.6 is 11.3 Å². The first kappa shape index (κ1) is 18.7. The summed E-state index contributed by atoms with van der Waals surface area (Å²) in [5.74, 6) is -0.363. The molecule has 140 valence electrons. The van der Waals surface area contributed by atoms with E-state index in [-0.39, 0.29) is 17.6 Å². The molecule has 1 aromatic heterocycles. The number of alkyl halides is 2. The SMILES string of the molecule is CC1(N)CCCCC1C(=O)Nc1nc(-c2ccccc2OC(F)F)cs1. The zero-order valence-electron chi connectivity index (χ0n) is 14.4. The molecule has 0 spiro atoms. The molecule has 0 aliphatic heterocycles. The second-order valence-corrected chi connectivity index (χ2v) is 7.56. The van der Waals surface area contributed by atoms with Gasteiger partial charge in [-0.05, 0) is 31.9 Å². The smallest absolute Gasteiger partial charge is 0.387 e. The fraction of sp³-hybridized carbons (Fsp3) is 0.444. The normalized spacial score (nSPS) is 23.0. The lowest BCUT2D eigenvalue weighted by molar-refractivity contribution is -0.122. The maximum Gasteiger partial charge on any atom is 0.387 e. The van der Waals surface area contributed by atoms with Crippen LogP contribution in [0.15, 0.2) is 29.6 Å². The minimum atomic E-state index is -2.91. The predicted molar refractivity (Wildman–Crippen MR) is 97.4 cm³/mol.